The minimum absolute atomic E-state index is 0.00776. The van der Waals surface area contributed by atoms with Crippen LogP contribution in [0, 0.1) is 12.7 Å². The molecule has 1 saturated heterocycles. The summed E-state index contributed by atoms with van der Waals surface area (Å²) in [6.45, 7) is 2.59. The van der Waals surface area contributed by atoms with Gasteiger partial charge in [0.2, 0.25) is 0 Å². The molecule has 1 atom stereocenters. The van der Waals surface area contributed by atoms with Crippen molar-refractivity contribution in [2.75, 3.05) is 17.8 Å². The van der Waals surface area contributed by atoms with Crippen molar-refractivity contribution in [2.24, 2.45) is 5.73 Å². The summed E-state index contributed by atoms with van der Waals surface area (Å²) in [6.07, 6.45) is 1.77. The summed E-state index contributed by atoms with van der Waals surface area (Å²) >= 11 is 0. The van der Waals surface area contributed by atoms with E-state index in [1.54, 1.807) is 30.0 Å². The average Bonchev–Trinajstić information content (AvgIpc) is 3.12. The first-order chi connectivity index (χ1) is 12.8. The van der Waals surface area contributed by atoms with Crippen LogP contribution in [-0.2, 0) is 10.0 Å². The Labute approximate surface area is 158 Å². The maximum absolute atomic E-state index is 13.7. The molecule has 8 heteroatoms. The largest absolute Gasteiger partial charge is 0.334 e. The molecule has 6 nitrogen and oxygen atoms in total. The van der Waals surface area contributed by atoms with Crippen LogP contribution in [0.1, 0.15) is 28.8 Å². The fourth-order valence-corrected chi connectivity index (χ4v) is 4.25. The number of nitrogens with zero attached hydrogens (tertiary/aromatic N) is 1. The number of nitrogens with two attached hydrogens (primary N) is 1. The molecule has 1 amide bonds. The summed E-state index contributed by atoms with van der Waals surface area (Å²) in [6, 6.07) is 10.00. The molecule has 3 rings (SSSR count). The number of hydrogen-bond donors (Lipinski definition) is 2. The summed E-state index contributed by atoms with van der Waals surface area (Å²) in [5.41, 5.74) is 6.71. The van der Waals surface area contributed by atoms with Gasteiger partial charge in [-0.1, -0.05) is 12.1 Å². The summed E-state index contributed by atoms with van der Waals surface area (Å²) in [5, 5.41) is 0. The Morgan fingerprint density at radius 1 is 1.30 bits per heavy atom. The van der Waals surface area contributed by atoms with Crippen molar-refractivity contribution in [1.29, 1.82) is 0 Å². The van der Waals surface area contributed by atoms with Crippen LogP contribution in [0.3, 0.4) is 0 Å². The summed E-state index contributed by atoms with van der Waals surface area (Å²) in [7, 11) is -3.96. The molecule has 1 aliphatic heterocycles. The van der Waals surface area contributed by atoms with Crippen molar-refractivity contribution in [3.63, 3.8) is 0 Å². The van der Waals surface area contributed by atoms with Crippen LogP contribution in [0.25, 0.3) is 0 Å². The van der Waals surface area contributed by atoms with Gasteiger partial charge < -0.3 is 10.6 Å². The molecule has 27 heavy (non-hydrogen) atoms. The molecule has 0 radical (unpaired) electrons. The van der Waals surface area contributed by atoms with Gasteiger partial charge in [0.15, 0.2) is 0 Å². The lowest BCUT2D eigenvalue weighted by Crippen LogP contribution is -2.39. The first kappa shape index (κ1) is 19.3. The van der Waals surface area contributed by atoms with E-state index in [9.17, 15) is 17.6 Å². The quantitative estimate of drug-likeness (QED) is 0.819. The van der Waals surface area contributed by atoms with Crippen molar-refractivity contribution in [2.45, 2.75) is 30.7 Å². The highest BCUT2D eigenvalue weighted by molar-refractivity contribution is 7.92. The van der Waals surface area contributed by atoms with E-state index in [0.717, 1.165) is 18.9 Å². The molecule has 0 aromatic heterocycles. The molecule has 0 spiro atoms. The number of benzene rings is 2. The molecular formula is C19H22FN3O3S. The molecule has 1 unspecified atom stereocenters. The van der Waals surface area contributed by atoms with E-state index >= 15 is 0 Å². The minimum Gasteiger partial charge on any atom is -0.334 e. The summed E-state index contributed by atoms with van der Waals surface area (Å²) in [5.74, 6) is -0.769. The SMILES string of the molecule is Cc1ccc(S(=O)(=O)Nc2cccc(C(=O)N3CCCC3CN)c2)cc1F. The highest BCUT2D eigenvalue weighted by Gasteiger charge is 2.28. The number of halogens is 1. The maximum atomic E-state index is 13.7. The van der Waals surface area contributed by atoms with Gasteiger partial charge in [-0.25, -0.2) is 12.8 Å². The molecule has 2 aromatic rings. The van der Waals surface area contributed by atoms with Gasteiger partial charge in [-0.3, -0.25) is 9.52 Å². The van der Waals surface area contributed by atoms with Crippen molar-refractivity contribution >= 4 is 21.6 Å². The maximum Gasteiger partial charge on any atom is 0.261 e. The van der Waals surface area contributed by atoms with Gasteiger partial charge in [0, 0.05) is 30.4 Å². The lowest BCUT2D eigenvalue weighted by atomic mass is 10.1. The molecule has 1 aliphatic rings. The smallest absolute Gasteiger partial charge is 0.261 e. The third kappa shape index (κ3) is 4.12. The molecule has 3 N–H and O–H groups in total. The zero-order chi connectivity index (χ0) is 19.6. The Balaban J connectivity index is 1.83. The second kappa shape index (κ2) is 7.66. The van der Waals surface area contributed by atoms with E-state index in [1.165, 1.54) is 18.2 Å². The third-order valence-electron chi connectivity index (χ3n) is 4.73. The minimum atomic E-state index is -3.96. The second-order valence-electron chi connectivity index (χ2n) is 6.63. The van der Waals surface area contributed by atoms with Gasteiger partial charge in [0.1, 0.15) is 5.82 Å². The van der Waals surface area contributed by atoms with E-state index in [4.69, 9.17) is 5.73 Å². The lowest BCUT2D eigenvalue weighted by Gasteiger charge is -2.23. The monoisotopic (exact) mass is 391 g/mol. The number of rotatable bonds is 5. The number of nitrogens with one attached hydrogen (secondary N) is 1. The van der Waals surface area contributed by atoms with Crippen LogP contribution in [0.4, 0.5) is 10.1 Å². The Hall–Kier alpha value is -2.45. The standard InChI is InChI=1S/C19H22FN3O3S/c1-13-7-8-17(11-18(13)20)27(25,26)22-15-5-2-4-14(10-15)19(24)23-9-3-6-16(23)12-21/h2,4-5,7-8,10-11,16,22H,3,6,9,12,21H2,1H3. The van der Waals surface area contributed by atoms with Gasteiger partial charge >= 0.3 is 0 Å². The summed E-state index contributed by atoms with van der Waals surface area (Å²) < 4.78 is 41.1. The van der Waals surface area contributed by atoms with Crippen LogP contribution < -0.4 is 10.5 Å². The topological polar surface area (TPSA) is 92.5 Å². The highest BCUT2D eigenvalue weighted by atomic mass is 32.2. The van der Waals surface area contributed by atoms with Crippen LogP contribution in [-0.4, -0.2) is 38.4 Å². The molecular weight excluding hydrogens is 369 g/mol. The fraction of sp³-hybridized carbons (Fsp3) is 0.316. The highest BCUT2D eigenvalue weighted by Crippen LogP contribution is 2.23. The number of anilines is 1. The molecule has 0 aliphatic carbocycles. The van der Waals surface area contributed by atoms with Gasteiger partial charge in [-0.05, 0) is 55.7 Å². The predicted molar refractivity (Wildman–Crippen MR) is 102 cm³/mol. The number of sulfonamides is 1. The van der Waals surface area contributed by atoms with Gasteiger partial charge in [0.05, 0.1) is 4.90 Å². The summed E-state index contributed by atoms with van der Waals surface area (Å²) in [4.78, 5) is 14.3. The number of hydrogen-bond acceptors (Lipinski definition) is 4. The first-order valence-corrected chi connectivity index (χ1v) is 10.2. The zero-order valence-corrected chi connectivity index (χ0v) is 15.8. The number of amides is 1. The predicted octanol–water partition coefficient (Wildman–Crippen LogP) is 2.50. The number of carbonyl (C=O) groups excluding carboxylic acids is 1. The van der Waals surface area contributed by atoms with Crippen molar-refractivity contribution in [3.8, 4) is 0 Å². The number of carbonyl (C=O) groups is 1. The lowest BCUT2D eigenvalue weighted by molar-refractivity contribution is 0.0741. The van der Waals surface area contributed by atoms with Crippen molar-refractivity contribution in [1.82, 2.24) is 4.90 Å². The first-order valence-electron chi connectivity index (χ1n) is 8.72. The molecule has 1 fully saturated rings. The Bertz CT molecular complexity index is 962. The molecule has 1 heterocycles. The van der Waals surface area contributed by atoms with Gasteiger partial charge in [-0.15, -0.1) is 0 Å². The van der Waals surface area contributed by atoms with E-state index in [0.29, 0.717) is 24.2 Å². The van der Waals surface area contributed by atoms with E-state index in [-0.39, 0.29) is 22.5 Å². The van der Waals surface area contributed by atoms with Gasteiger partial charge in [0.25, 0.3) is 15.9 Å². The normalized spacial score (nSPS) is 17.1. The number of likely N-dealkylation sites (tertiary alicyclic amines) is 1. The van der Waals surface area contributed by atoms with E-state index in [1.807, 2.05) is 0 Å². The van der Waals surface area contributed by atoms with E-state index in [2.05, 4.69) is 4.72 Å². The number of aryl methyl sites for hydroxylation is 1. The molecule has 0 bridgehead atoms. The molecule has 144 valence electrons. The van der Waals surface area contributed by atoms with Crippen molar-refractivity contribution < 1.29 is 17.6 Å². The zero-order valence-electron chi connectivity index (χ0n) is 15.0. The second-order valence-corrected chi connectivity index (χ2v) is 8.31. The Morgan fingerprint density at radius 3 is 2.78 bits per heavy atom. The van der Waals surface area contributed by atoms with Crippen molar-refractivity contribution in [3.05, 3.63) is 59.4 Å². The third-order valence-corrected chi connectivity index (χ3v) is 6.10. The van der Waals surface area contributed by atoms with Crippen LogP contribution in [0.5, 0.6) is 0 Å². The Morgan fingerprint density at radius 2 is 2.07 bits per heavy atom. The van der Waals surface area contributed by atoms with Crippen LogP contribution in [0.15, 0.2) is 47.4 Å². The molecule has 0 saturated carbocycles. The fourth-order valence-electron chi connectivity index (χ4n) is 3.18. The van der Waals surface area contributed by atoms with Crippen LogP contribution >= 0.6 is 0 Å². The Kier molecular flexibility index (Phi) is 5.48. The van der Waals surface area contributed by atoms with Crippen LogP contribution in [0.2, 0.25) is 0 Å². The molecule has 2 aromatic carbocycles. The van der Waals surface area contributed by atoms with Gasteiger partial charge in [-0.2, -0.15) is 0 Å². The van der Waals surface area contributed by atoms with E-state index < -0.39 is 15.8 Å². The average molecular weight is 391 g/mol.